The lowest BCUT2D eigenvalue weighted by Gasteiger charge is -2.03. The van der Waals surface area contributed by atoms with Gasteiger partial charge in [-0.15, -0.1) is 0 Å². The maximum atomic E-state index is 11.8. The third-order valence-electron chi connectivity index (χ3n) is 3.08. The van der Waals surface area contributed by atoms with E-state index in [0.717, 1.165) is 10.9 Å². The summed E-state index contributed by atoms with van der Waals surface area (Å²) < 4.78 is 10.5. The third kappa shape index (κ3) is 1.96. The molecule has 3 N–H and O–H groups in total. The average molecular weight is 272 g/mol. The first-order chi connectivity index (χ1) is 9.58. The number of benzene rings is 1. The molecule has 0 unspecified atom stereocenters. The minimum atomic E-state index is -0.623. The predicted octanol–water partition coefficient (Wildman–Crippen LogP) is 1.74. The molecule has 6 nitrogen and oxygen atoms in total. The van der Waals surface area contributed by atoms with Crippen LogP contribution in [0.5, 0.6) is 0 Å². The Balaban J connectivity index is 2.22. The molecule has 6 heteroatoms. The van der Waals surface area contributed by atoms with Crippen molar-refractivity contribution in [3.8, 4) is 0 Å². The van der Waals surface area contributed by atoms with E-state index in [1.54, 1.807) is 18.4 Å². The average Bonchev–Trinajstić information content (AvgIpc) is 2.78. The number of carbonyl (C=O) groups excluding carboxylic acids is 1. The van der Waals surface area contributed by atoms with Gasteiger partial charge in [0.05, 0.1) is 12.8 Å². The highest BCUT2D eigenvalue weighted by Gasteiger charge is 2.11. The number of rotatable bonds is 2. The molecule has 20 heavy (non-hydrogen) atoms. The molecule has 1 amide bonds. The van der Waals surface area contributed by atoms with Gasteiger partial charge in [0.15, 0.2) is 0 Å². The van der Waals surface area contributed by atoms with E-state index in [1.165, 1.54) is 0 Å². The molecule has 0 aliphatic carbocycles. The largest absolute Gasteiger partial charge is 0.464 e. The molecule has 0 radical (unpaired) electrons. The lowest BCUT2D eigenvalue weighted by molar-refractivity contribution is -0.114. The van der Waals surface area contributed by atoms with E-state index in [0.29, 0.717) is 16.6 Å². The molecule has 0 saturated carbocycles. The van der Waals surface area contributed by atoms with Gasteiger partial charge in [0.25, 0.3) is 0 Å². The summed E-state index contributed by atoms with van der Waals surface area (Å²) in [5, 5.41) is 4.05. The summed E-state index contributed by atoms with van der Waals surface area (Å²) in [6, 6.07) is 5.08. The zero-order valence-corrected chi connectivity index (χ0v) is 10.7. The Morgan fingerprint density at radius 2 is 2.10 bits per heavy atom. The van der Waals surface area contributed by atoms with Crippen molar-refractivity contribution < 1.29 is 13.6 Å². The van der Waals surface area contributed by atoms with Crippen LogP contribution in [-0.2, 0) is 4.79 Å². The first-order valence-corrected chi connectivity index (χ1v) is 6.04. The fourth-order valence-corrected chi connectivity index (χ4v) is 2.06. The summed E-state index contributed by atoms with van der Waals surface area (Å²) in [6.45, 7) is 1.73. The van der Waals surface area contributed by atoms with Gasteiger partial charge in [-0.1, -0.05) is 0 Å². The number of nitrogens with two attached hydrogens (primary N) is 1. The molecule has 0 spiro atoms. The summed E-state index contributed by atoms with van der Waals surface area (Å²) in [4.78, 5) is 23.0. The van der Waals surface area contributed by atoms with Crippen molar-refractivity contribution in [2.75, 3.05) is 11.9 Å². The normalized spacial score (nSPS) is 11.1. The third-order valence-corrected chi connectivity index (χ3v) is 3.08. The Bertz CT molecular complexity index is 876. The molecule has 0 fully saturated rings. The van der Waals surface area contributed by atoms with Gasteiger partial charge in [-0.25, -0.2) is 4.79 Å². The Kier molecular flexibility index (Phi) is 2.80. The summed E-state index contributed by atoms with van der Waals surface area (Å²) >= 11 is 0. The van der Waals surface area contributed by atoms with Gasteiger partial charge in [0.1, 0.15) is 16.9 Å². The van der Waals surface area contributed by atoms with Crippen molar-refractivity contribution >= 4 is 33.5 Å². The van der Waals surface area contributed by atoms with Crippen LogP contribution in [0.4, 0.5) is 5.69 Å². The number of anilines is 1. The van der Waals surface area contributed by atoms with Gasteiger partial charge >= 0.3 is 5.63 Å². The van der Waals surface area contributed by atoms with Crippen LogP contribution in [0.3, 0.4) is 0 Å². The molecule has 102 valence electrons. The second-order valence-electron chi connectivity index (χ2n) is 4.50. The zero-order valence-electron chi connectivity index (χ0n) is 10.7. The monoisotopic (exact) mass is 272 g/mol. The van der Waals surface area contributed by atoms with Crippen LogP contribution in [0.1, 0.15) is 5.56 Å². The number of nitrogens with one attached hydrogen (secondary N) is 1. The van der Waals surface area contributed by atoms with E-state index < -0.39 is 11.5 Å². The highest BCUT2D eigenvalue weighted by atomic mass is 16.4. The summed E-state index contributed by atoms with van der Waals surface area (Å²) in [5.74, 6) is -0.447. The highest BCUT2D eigenvalue weighted by Crippen LogP contribution is 2.26. The van der Waals surface area contributed by atoms with Crippen LogP contribution in [0, 0.1) is 6.92 Å². The summed E-state index contributed by atoms with van der Waals surface area (Å²) in [5.41, 5.74) is 6.70. The second kappa shape index (κ2) is 4.50. The van der Waals surface area contributed by atoms with E-state index in [-0.39, 0.29) is 12.2 Å². The Morgan fingerprint density at radius 3 is 2.85 bits per heavy atom. The molecule has 3 rings (SSSR count). The van der Waals surface area contributed by atoms with Crippen LogP contribution in [0.2, 0.25) is 0 Å². The molecule has 0 aliphatic heterocycles. The summed E-state index contributed by atoms with van der Waals surface area (Å²) in [6.07, 6.45) is 1.64. The molecule has 0 saturated heterocycles. The first kappa shape index (κ1) is 12.4. The molecule has 0 aliphatic rings. The highest BCUT2D eigenvalue weighted by molar-refractivity contribution is 5.97. The van der Waals surface area contributed by atoms with Crippen LogP contribution >= 0.6 is 0 Å². The van der Waals surface area contributed by atoms with Crippen molar-refractivity contribution in [1.29, 1.82) is 0 Å². The number of fused-ring (bicyclic) bond motifs is 2. The minimum Gasteiger partial charge on any atom is -0.464 e. The fourth-order valence-electron chi connectivity index (χ4n) is 2.06. The smallest absolute Gasteiger partial charge is 0.360 e. The zero-order chi connectivity index (χ0) is 14.3. The SMILES string of the molecule is Cc1coc2cc3oc(=O)c(NC(=O)CN)cc3cc12. The molecular formula is C14H12N2O4. The minimum absolute atomic E-state index is 0.0773. The van der Waals surface area contributed by atoms with Crippen molar-refractivity contribution in [3.63, 3.8) is 0 Å². The van der Waals surface area contributed by atoms with E-state index >= 15 is 0 Å². The number of furan rings is 1. The van der Waals surface area contributed by atoms with Gasteiger partial charge in [-0.05, 0) is 24.6 Å². The lowest BCUT2D eigenvalue weighted by atomic mass is 10.1. The lowest BCUT2D eigenvalue weighted by Crippen LogP contribution is -2.24. The number of aryl methyl sites for hydroxylation is 1. The van der Waals surface area contributed by atoms with Crippen LogP contribution in [0.25, 0.3) is 21.9 Å². The molecule has 0 atom stereocenters. The molecule has 2 aromatic heterocycles. The van der Waals surface area contributed by atoms with E-state index in [9.17, 15) is 9.59 Å². The molecule has 1 aromatic carbocycles. The van der Waals surface area contributed by atoms with Gasteiger partial charge in [-0.2, -0.15) is 0 Å². The molecular weight excluding hydrogens is 260 g/mol. The van der Waals surface area contributed by atoms with Gasteiger partial charge in [0, 0.05) is 16.8 Å². The maximum absolute atomic E-state index is 11.8. The molecule has 2 heterocycles. The Hall–Kier alpha value is -2.60. The van der Waals surface area contributed by atoms with Crippen LogP contribution in [0.15, 0.2) is 38.1 Å². The number of hydrogen-bond acceptors (Lipinski definition) is 5. The predicted molar refractivity (Wildman–Crippen MR) is 74.7 cm³/mol. The van der Waals surface area contributed by atoms with Crippen molar-refractivity contribution in [3.05, 3.63) is 40.4 Å². The summed E-state index contributed by atoms with van der Waals surface area (Å²) in [7, 11) is 0. The molecule has 0 bridgehead atoms. The van der Waals surface area contributed by atoms with Crippen molar-refractivity contribution in [2.24, 2.45) is 5.73 Å². The first-order valence-electron chi connectivity index (χ1n) is 6.04. The Morgan fingerprint density at radius 1 is 1.30 bits per heavy atom. The van der Waals surface area contributed by atoms with Crippen molar-refractivity contribution in [1.82, 2.24) is 0 Å². The van der Waals surface area contributed by atoms with Crippen LogP contribution < -0.4 is 16.7 Å². The van der Waals surface area contributed by atoms with Crippen LogP contribution in [-0.4, -0.2) is 12.5 Å². The quantitative estimate of drug-likeness (QED) is 0.692. The number of hydrogen-bond donors (Lipinski definition) is 2. The fraction of sp³-hybridized carbons (Fsp3) is 0.143. The number of carbonyl (C=O) groups is 1. The van der Waals surface area contributed by atoms with Gasteiger partial charge in [0.2, 0.25) is 5.91 Å². The van der Waals surface area contributed by atoms with E-state index in [1.807, 2.05) is 13.0 Å². The van der Waals surface area contributed by atoms with Gasteiger partial charge < -0.3 is 19.9 Å². The Labute approximate surface area is 113 Å². The van der Waals surface area contributed by atoms with Gasteiger partial charge in [-0.3, -0.25) is 4.79 Å². The van der Waals surface area contributed by atoms with E-state index in [2.05, 4.69) is 5.32 Å². The maximum Gasteiger partial charge on any atom is 0.360 e. The topological polar surface area (TPSA) is 98.5 Å². The molecule has 3 aromatic rings. The number of amides is 1. The van der Waals surface area contributed by atoms with Crippen molar-refractivity contribution in [2.45, 2.75) is 6.92 Å². The van der Waals surface area contributed by atoms with E-state index in [4.69, 9.17) is 14.6 Å². The standard InChI is InChI=1S/C14H12N2O4/c1-7-6-19-12-4-11-8(2-9(7)12)3-10(14(18)20-11)16-13(17)5-15/h2-4,6H,5,15H2,1H3,(H,16,17). The second-order valence-corrected chi connectivity index (χ2v) is 4.50.